The molecule has 0 radical (unpaired) electrons. The van der Waals surface area contributed by atoms with Crippen LogP contribution in [0.15, 0.2) is 54.6 Å². The van der Waals surface area contributed by atoms with Gasteiger partial charge in [0.2, 0.25) is 5.88 Å². The quantitative estimate of drug-likeness (QED) is 0.361. The highest BCUT2D eigenvalue weighted by molar-refractivity contribution is 5.44. The Kier molecular flexibility index (Phi) is 9.94. The van der Waals surface area contributed by atoms with Crippen molar-refractivity contribution in [2.45, 2.75) is 45.8 Å². The van der Waals surface area contributed by atoms with E-state index in [1.54, 1.807) is 14.2 Å². The van der Waals surface area contributed by atoms with Gasteiger partial charge in [-0.25, -0.2) is 4.68 Å². The zero-order chi connectivity index (χ0) is 24.3. The smallest absolute Gasteiger partial charge is 0.227 e. The molecular weight excluding hydrogens is 430 g/mol. The monoisotopic (exact) mass is 467 g/mol. The van der Waals surface area contributed by atoms with E-state index in [9.17, 15) is 5.11 Å². The number of rotatable bonds is 14. The van der Waals surface area contributed by atoms with Gasteiger partial charge in [0.15, 0.2) is 0 Å². The third kappa shape index (κ3) is 7.06. The van der Waals surface area contributed by atoms with Gasteiger partial charge in [-0.15, -0.1) is 0 Å². The van der Waals surface area contributed by atoms with E-state index < -0.39 is 0 Å². The van der Waals surface area contributed by atoms with Crippen LogP contribution in [0.3, 0.4) is 0 Å². The molecule has 0 fully saturated rings. The van der Waals surface area contributed by atoms with Gasteiger partial charge >= 0.3 is 0 Å². The number of nitrogens with zero attached hydrogens (tertiary/aromatic N) is 3. The molecule has 1 unspecified atom stereocenters. The first kappa shape index (κ1) is 25.7. The molecule has 0 bridgehead atoms. The van der Waals surface area contributed by atoms with Gasteiger partial charge in [-0.05, 0) is 49.7 Å². The molecule has 34 heavy (non-hydrogen) atoms. The minimum absolute atomic E-state index is 0.382. The molecule has 0 aliphatic carbocycles. The number of aliphatic hydroxyl groups excluding tert-OH is 1. The van der Waals surface area contributed by atoms with E-state index in [2.05, 4.69) is 11.8 Å². The molecule has 1 N–H and O–H groups in total. The average Bonchev–Trinajstić information content (AvgIpc) is 3.16. The second-order valence-corrected chi connectivity index (χ2v) is 8.42. The molecule has 2 aromatic carbocycles. The summed E-state index contributed by atoms with van der Waals surface area (Å²) in [7, 11) is 3.34. The summed E-state index contributed by atoms with van der Waals surface area (Å²) in [5.41, 5.74) is 2.79. The van der Waals surface area contributed by atoms with Crippen molar-refractivity contribution in [3.05, 3.63) is 65.9 Å². The molecule has 1 aromatic heterocycles. The number of aliphatic hydroxyl groups is 1. The third-order valence-electron chi connectivity index (χ3n) is 5.77. The number of benzene rings is 2. The fraction of sp³-hybridized carbons (Fsp3) is 0.444. The SMILES string of the molecule is CCCCC(O)CN(CCOC)Cc1c(C)nn(-c2ccccc2)c1Oc1ccc(OC)cc1. The molecule has 0 saturated heterocycles. The van der Waals surface area contributed by atoms with E-state index in [-0.39, 0.29) is 6.10 Å². The Morgan fingerprint density at radius 2 is 1.74 bits per heavy atom. The van der Waals surface area contributed by atoms with Gasteiger partial charge in [0.1, 0.15) is 11.5 Å². The molecule has 184 valence electrons. The van der Waals surface area contributed by atoms with Crippen LogP contribution >= 0.6 is 0 Å². The Bertz CT molecular complexity index is 989. The van der Waals surface area contributed by atoms with Crippen molar-refractivity contribution in [1.29, 1.82) is 0 Å². The highest BCUT2D eigenvalue weighted by Crippen LogP contribution is 2.32. The highest BCUT2D eigenvalue weighted by Gasteiger charge is 2.22. The first-order valence-electron chi connectivity index (χ1n) is 11.9. The molecule has 0 amide bonds. The number of para-hydroxylation sites is 1. The molecule has 1 heterocycles. The number of ether oxygens (including phenoxy) is 3. The number of hydrogen-bond donors (Lipinski definition) is 1. The van der Waals surface area contributed by atoms with Gasteiger partial charge in [0.05, 0.1) is 36.8 Å². The molecular formula is C27H37N3O4. The van der Waals surface area contributed by atoms with Crippen molar-refractivity contribution in [3.63, 3.8) is 0 Å². The summed E-state index contributed by atoms with van der Waals surface area (Å²) in [6.45, 7) is 6.59. The predicted octanol–water partition coefficient (Wildman–Crippen LogP) is 4.98. The summed E-state index contributed by atoms with van der Waals surface area (Å²) in [4.78, 5) is 2.21. The van der Waals surface area contributed by atoms with E-state index >= 15 is 0 Å². The molecule has 1 atom stereocenters. The van der Waals surface area contributed by atoms with Crippen LogP contribution in [-0.4, -0.2) is 59.8 Å². The molecule has 7 heteroatoms. The zero-order valence-electron chi connectivity index (χ0n) is 20.7. The number of unbranched alkanes of at least 4 members (excludes halogenated alkanes) is 1. The average molecular weight is 468 g/mol. The molecule has 3 aromatic rings. The van der Waals surface area contributed by atoms with Crippen LogP contribution in [0.1, 0.15) is 37.4 Å². The molecule has 3 rings (SSSR count). The second-order valence-electron chi connectivity index (χ2n) is 8.42. The zero-order valence-corrected chi connectivity index (χ0v) is 20.7. The largest absolute Gasteiger partial charge is 0.497 e. The number of aromatic nitrogens is 2. The standard InChI is InChI=1S/C27H37N3O4/c1-5-6-12-23(31)19-29(17-18-32-3)20-26-21(2)28-30(22-10-8-7-9-11-22)27(26)34-25-15-13-24(33-4)14-16-25/h7-11,13-16,23,31H,5-6,12,17-20H2,1-4H3. The predicted molar refractivity (Wildman–Crippen MR) is 134 cm³/mol. The van der Waals surface area contributed by atoms with Crippen molar-refractivity contribution >= 4 is 0 Å². The minimum atomic E-state index is -0.382. The lowest BCUT2D eigenvalue weighted by Gasteiger charge is -2.25. The maximum Gasteiger partial charge on any atom is 0.227 e. The lowest BCUT2D eigenvalue weighted by Crippen LogP contribution is -2.34. The van der Waals surface area contributed by atoms with E-state index in [0.29, 0.717) is 37.9 Å². The van der Waals surface area contributed by atoms with Gasteiger partial charge in [0, 0.05) is 26.7 Å². The third-order valence-corrected chi connectivity index (χ3v) is 5.77. The van der Waals surface area contributed by atoms with E-state index in [0.717, 1.165) is 42.0 Å². The van der Waals surface area contributed by atoms with Crippen LogP contribution in [0.2, 0.25) is 0 Å². The van der Waals surface area contributed by atoms with Gasteiger partial charge in [-0.1, -0.05) is 38.0 Å². The van der Waals surface area contributed by atoms with Crippen LogP contribution < -0.4 is 9.47 Å². The van der Waals surface area contributed by atoms with Crippen LogP contribution in [0.4, 0.5) is 0 Å². The van der Waals surface area contributed by atoms with Gasteiger partial charge in [-0.3, -0.25) is 4.90 Å². The number of hydrogen-bond acceptors (Lipinski definition) is 6. The summed E-state index contributed by atoms with van der Waals surface area (Å²) in [6.07, 6.45) is 2.48. The fourth-order valence-electron chi connectivity index (χ4n) is 3.83. The molecule has 7 nitrogen and oxygen atoms in total. The lowest BCUT2D eigenvalue weighted by molar-refractivity contribution is 0.0786. The maximum atomic E-state index is 10.6. The second kappa shape index (κ2) is 13.1. The Morgan fingerprint density at radius 1 is 1.03 bits per heavy atom. The van der Waals surface area contributed by atoms with Crippen molar-refractivity contribution in [1.82, 2.24) is 14.7 Å². The maximum absolute atomic E-state index is 10.6. The van der Waals surface area contributed by atoms with E-state index in [1.165, 1.54) is 0 Å². The topological polar surface area (TPSA) is 69.0 Å². The summed E-state index contributed by atoms with van der Waals surface area (Å²) in [6, 6.07) is 17.5. The molecule has 0 saturated carbocycles. The van der Waals surface area contributed by atoms with Gasteiger partial charge in [0.25, 0.3) is 0 Å². The van der Waals surface area contributed by atoms with Gasteiger partial charge in [-0.2, -0.15) is 5.10 Å². The fourth-order valence-corrected chi connectivity index (χ4v) is 3.83. The summed E-state index contributed by atoms with van der Waals surface area (Å²) in [5, 5.41) is 15.4. The first-order valence-corrected chi connectivity index (χ1v) is 11.9. The van der Waals surface area contributed by atoms with Crippen molar-refractivity contribution in [2.75, 3.05) is 33.9 Å². The number of methoxy groups -OCH3 is 2. The van der Waals surface area contributed by atoms with Crippen molar-refractivity contribution < 1.29 is 19.3 Å². The van der Waals surface area contributed by atoms with Crippen LogP contribution in [0.5, 0.6) is 17.4 Å². The highest BCUT2D eigenvalue weighted by atomic mass is 16.5. The molecule has 0 aliphatic heterocycles. The molecule has 0 spiro atoms. The summed E-state index contributed by atoms with van der Waals surface area (Å²) >= 11 is 0. The van der Waals surface area contributed by atoms with E-state index in [4.69, 9.17) is 19.3 Å². The van der Waals surface area contributed by atoms with Crippen molar-refractivity contribution in [3.8, 4) is 23.1 Å². The lowest BCUT2D eigenvalue weighted by atomic mass is 10.1. The Balaban J connectivity index is 1.94. The molecule has 0 aliphatic rings. The number of aryl methyl sites for hydroxylation is 1. The Labute approximate surface area is 202 Å². The van der Waals surface area contributed by atoms with Crippen LogP contribution in [-0.2, 0) is 11.3 Å². The Morgan fingerprint density at radius 3 is 2.38 bits per heavy atom. The van der Waals surface area contributed by atoms with Crippen molar-refractivity contribution in [2.24, 2.45) is 0 Å². The van der Waals surface area contributed by atoms with Crippen LogP contribution in [0, 0.1) is 6.92 Å². The summed E-state index contributed by atoms with van der Waals surface area (Å²) < 4.78 is 18.9. The first-order chi connectivity index (χ1) is 16.5. The van der Waals surface area contributed by atoms with Crippen LogP contribution in [0.25, 0.3) is 5.69 Å². The normalized spacial score (nSPS) is 12.2. The summed E-state index contributed by atoms with van der Waals surface area (Å²) in [5.74, 6) is 2.14. The minimum Gasteiger partial charge on any atom is -0.497 e. The van der Waals surface area contributed by atoms with Gasteiger partial charge < -0.3 is 19.3 Å². The van der Waals surface area contributed by atoms with E-state index in [1.807, 2.05) is 66.2 Å². The Hall–Kier alpha value is -2.87.